The summed E-state index contributed by atoms with van der Waals surface area (Å²) in [5.74, 6) is -0.845. The molecule has 4 rings (SSSR count). The fraction of sp³-hybridized carbons (Fsp3) is 0.333. The lowest BCUT2D eigenvalue weighted by molar-refractivity contribution is -0.139. The Morgan fingerprint density at radius 1 is 0.879 bits per heavy atom. The van der Waals surface area contributed by atoms with Crippen LogP contribution in [0.15, 0.2) is 60.7 Å². The molecular formula is C24H26N4O5. The average molecular weight is 450 g/mol. The molecule has 9 heteroatoms. The summed E-state index contributed by atoms with van der Waals surface area (Å²) in [6.45, 7) is 2.94. The number of nitrogens with zero attached hydrogens (tertiary/aromatic N) is 3. The third-order valence-corrected chi connectivity index (χ3v) is 5.97. The quantitative estimate of drug-likeness (QED) is 0.700. The number of imide groups is 1. The van der Waals surface area contributed by atoms with E-state index in [9.17, 15) is 19.2 Å². The van der Waals surface area contributed by atoms with Crippen LogP contribution in [0.1, 0.15) is 18.1 Å². The standard InChI is InChI=1S/C24H26N4O5/c1-2-33-23(32)27-15-13-26(14-16-27)20(29)17-28-21(30)24(25-22(28)31,18-9-5-3-6-10-18)19-11-7-4-8-12-19/h3-12H,2,13-17H2,1H3,(H,25,31). The van der Waals surface area contributed by atoms with E-state index in [-0.39, 0.29) is 19.1 Å². The summed E-state index contributed by atoms with van der Waals surface area (Å²) in [6, 6.07) is 17.4. The molecule has 2 heterocycles. The van der Waals surface area contributed by atoms with Crippen LogP contribution in [0.25, 0.3) is 0 Å². The number of carbonyl (C=O) groups excluding carboxylic acids is 4. The zero-order valence-electron chi connectivity index (χ0n) is 18.4. The van der Waals surface area contributed by atoms with Gasteiger partial charge >= 0.3 is 12.1 Å². The van der Waals surface area contributed by atoms with Gasteiger partial charge in [-0.1, -0.05) is 60.7 Å². The van der Waals surface area contributed by atoms with E-state index in [1.165, 1.54) is 4.90 Å². The van der Waals surface area contributed by atoms with Crippen LogP contribution in [-0.2, 0) is 19.9 Å². The highest BCUT2D eigenvalue weighted by Crippen LogP contribution is 2.35. The fourth-order valence-electron chi connectivity index (χ4n) is 4.24. The van der Waals surface area contributed by atoms with Gasteiger partial charge in [0.15, 0.2) is 5.54 Å². The van der Waals surface area contributed by atoms with Crippen molar-refractivity contribution in [3.8, 4) is 0 Å². The van der Waals surface area contributed by atoms with Gasteiger partial charge in [-0.25, -0.2) is 9.59 Å². The molecule has 1 N–H and O–H groups in total. The molecule has 0 aliphatic carbocycles. The number of carbonyl (C=O) groups is 4. The lowest BCUT2D eigenvalue weighted by Crippen LogP contribution is -2.53. The van der Waals surface area contributed by atoms with Gasteiger partial charge in [-0.15, -0.1) is 0 Å². The van der Waals surface area contributed by atoms with E-state index in [0.29, 0.717) is 37.3 Å². The lowest BCUT2D eigenvalue weighted by Gasteiger charge is -2.34. The van der Waals surface area contributed by atoms with Gasteiger partial charge < -0.3 is 19.9 Å². The van der Waals surface area contributed by atoms with E-state index in [0.717, 1.165) is 4.90 Å². The van der Waals surface area contributed by atoms with E-state index < -0.39 is 23.6 Å². The van der Waals surface area contributed by atoms with E-state index in [2.05, 4.69) is 5.32 Å². The SMILES string of the molecule is CCOC(=O)N1CCN(C(=O)CN2C(=O)NC(c3ccccc3)(c3ccccc3)C2=O)CC1. The van der Waals surface area contributed by atoms with Crippen molar-refractivity contribution < 1.29 is 23.9 Å². The predicted octanol–water partition coefficient (Wildman–Crippen LogP) is 1.78. The summed E-state index contributed by atoms with van der Waals surface area (Å²) in [5, 5.41) is 2.84. The van der Waals surface area contributed by atoms with Crippen LogP contribution in [0.2, 0.25) is 0 Å². The molecule has 2 aromatic rings. The van der Waals surface area contributed by atoms with E-state index in [1.54, 1.807) is 60.4 Å². The predicted molar refractivity (Wildman–Crippen MR) is 119 cm³/mol. The van der Waals surface area contributed by atoms with Crippen molar-refractivity contribution in [3.63, 3.8) is 0 Å². The number of rotatable bonds is 5. The minimum atomic E-state index is -1.40. The first-order valence-corrected chi connectivity index (χ1v) is 10.9. The fourth-order valence-corrected chi connectivity index (χ4v) is 4.24. The second-order valence-electron chi connectivity index (χ2n) is 7.87. The molecule has 172 valence electrons. The molecule has 33 heavy (non-hydrogen) atoms. The Morgan fingerprint density at radius 2 is 1.39 bits per heavy atom. The van der Waals surface area contributed by atoms with Crippen molar-refractivity contribution >= 4 is 23.9 Å². The first kappa shape index (κ1) is 22.3. The van der Waals surface area contributed by atoms with Crippen LogP contribution in [0, 0.1) is 0 Å². The molecule has 0 saturated carbocycles. The number of hydrogen-bond acceptors (Lipinski definition) is 5. The molecule has 0 aromatic heterocycles. The third kappa shape index (κ3) is 4.13. The summed E-state index contributed by atoms with van der Waals surface area (Å²) in [5.41, 5.74) is -0.164. The Hall–Kier alpha value is -3.88. The Balaban J connectivity index is 1.52. The Kier molecular flexibility index (Phi) is 6.30. The zero-order chi connectivity index (χ0) is 23.4. The molecule has 2 aliphatic rings. The molecule has 0 atom stereocenters. The maximum Gasteiger partial charge on any atom is 0.409 e. The summed E-state index contributed by atoms with van der Waals surface area (Å²) in [6.07, 6.45) is -0.408. The van der Waals surface area contributed by atoms with Crippen LogP contribution in [0.4, 0.5) is 9.59 Å². The zero-order valence-corrected chi connectivity index (χ0v) is 18.4. The molecule has 2 aliphatic heterocycles. The number of nitrogens with one attached hydrogen (secondary N) is 1. The molecule has 2 saturated heterocycles. The lowest BCUT2D eigenvalue weighted by atomic mass is 9.82. The van der Waals surface area contributed by atoms with Crippen molar-refractivity contribution in [2.45, 2.75) is 12.5 Å². The van der Waals surface area contributed by atoms with Gasteiger partial charge in [0.25, 0.3) is 5.91 Å². The Bertz CT molecular complexity index is 996. The van der Waals surface area contributed by atoms with Gasteiger partial charge in [-0.2, -0.15) is 0 Å². The van der Waals surface area contributed by atoms with Gasteiger partial charge in [-0.3, -0.25) is 14.5 Å². The first-order chi connectivity index (χ1) is 16.0. The van der Waals surface area contributed by atoms with Crippen LogP contribution < -0.4 is 5.32 Å². The number of urea groups is 1. The maximum atomic E-state index is 13.7. The monoisotopic (exact) mass is 450 g/mol. The second kappa shape index (κ2) is 9.32. The molecule has 2 aromatic carbocycles. The molecule has 0 bridgehead atoms. The average Bonchev–Trinajstić information content (AvgIpc) is 3.11. The van der Waals surface area contributed by atoms with Crippen molar-refractivity contribution in [1.29, 1.82) is 0 Å². The molecule has 5 amide bonds. The first-order valence-electron chi connectivity index (χ1n) is 10.9. The molecular weight excluding hydrogens is 424 g/mol. The maximum absolute atomic E-state index is 13.7. The largest absolute Gasteiger partial charge is 0.450 e. The van der Waals surface area contributed by atoms with Gasteiger partial charge in [0.05, 0.1) is 6.61 Å². The minimum Gasteiger partial charge on any atom is -0.450 e. The van der Waals surface area contributed by atoms with E-state index >= 15 is 0 Å². The molecule has 0 spiro atoms. The van der Waals surface area contributed by atoms with Gasteiger partial charge in [0.2, 0.25) is 5.91 Å². The van der Waals surface area contributed by atoms with Crippen molar-refractivity contribution in [3.05, 3.63) is 71.8 Å². The molecule has 9 nitrogen and oxygen atoms in total. The van der Waals surface area contributed by atoms with E-state index in [4.69, 9.17) is 4.74 Å². The summed E-state index contributed by atoms with van der Waals surface area (Å²) >= 11 is 0. The van der Waals surface area contributed by atoms with Crippen molar-refractivity contribution in [1.82, 2.24) is 20.0 Å². The van der Waals surface area contributed by atoms with Crippen LogP contribution in [-0.4, -0.2) is 78.0 Å². The number of piperazine rings is 1. The smallest absolute Gasteiger partial charge is 0.409 e. The number of amides is 5. The minimum absolute atomic E-state index is 0.286. The Morgan fingerprint density at radius 3 is 1.91 bits per heavy atom. The molecule has 2 fully saturated rings. The highest BCUT2D eigenvalue weighted by atomic mass is 16.6. The van der Waals surface area contributed by atoms with Gasteiger partial charge in [0, 0.05) is 26.2 Å². The summed E-state index contributed by atoms with van der Waals surface area (Å²) < 4.78 is 5.00. The summed E-state index contributed by atoms with van der Waals surface area (Å²) in [7, 11) is 0. The number of hydrogen-bond donors (Lipinski definition) is 1. The third-order valence-electron chi connectivity index (χ3n) is 5.97. The molecule has 0 unspecified atom stereocenters. The van der Waals surface area contributed by atoms with Crippen molar-refractivity contribution in [2.24, 2.45) is 0 Å². The highest BCUT2D eigenvalue weighted by molar-refractivity contribution is 6.11. The number of ether oxygens (including phenoxy) is 1. The van der Waals surface area contributed by atoms with Crippen LogP contribution in [0.5, 0.6) is 0 Å². The van der Waals surface area contributed by atoms with Gasteiger partial charge in [-0.05, 0) is 18.1 Å². The summed E-state index contributed by atoms with van der Waals surface area (Å²) in [4.78, 5) is 55.5. The number of benzene rings is 2. The van der Waals surface area contributed by atoms with E-state index in [1.807, 2.05) is 12.1 Å². The van der Waals surface area contributed by atoms with Gasteiger partial charge in [0.1, 0.15) is 6.54 Å². The highest BCUT2D eigenvalue weighted by Gasteiger charge is 2.54. The normalized spacial score (nSPS) is 17.7. The van der Waals surface area contributed by atoms with Crippen LogP contribution in [0.3, 0.4) is 0 Å². The van der Waals surface area contributed by atoms with Crippen LogP contribution >= 0.6 is 0 Å². The Labute approximate surface area is 191 Å². The van der Waals surface area contributed by atoms with Crippen molar-refractivity contribution in [2.75, 3.05) is 39.3 Å². The topological polar surface area (TPSA) is 99.3 Å². The second-order valence-corrected chi connectivity index (χ2v) is 7.87. The molecule has 0 radical (unpaired) electrons.